The molecule has 1 aliphatic heterocycles. The highest BCUT2D eigenvalue weighted by atomic mass is 28.3. The minimum absolute atomic E-state index is 0.882. The SMILES string of the molecule is CC[Si]1(C)C(c2ccc3cc(OC)ccc3c2)=C(c2ccccc2)C(c2ccccc2)=C1c1ccc2cc(OC)ccc2c1. The Bertz CT molecular complexity index is 1930. The maximum absolute atomic E-state index is 5.53. The highest BCUT2D eigenvalue weighted by Crippen LogP contribution is 2.57. The monoisotopic (exact) mass is 588 g/mol. The average molecular weight is 589 g/mol. The maximum atomic E-state index is 5.53. The lowest BCUT2D eigenvalue weighted by Crippen LogP contribution is -2.32. The van der Waals surface area contributed by atoms with Gasteiger partial charge in [0.1, 0.15) is 19.6 Å². The van der Waals surface area contributed by atoms with Crippen molar-refractivity contribution in [1.82, 2.24) is 0 Å². The molecule has 0 N–H and O–H groups in total. The van der Waals surface area contributed by atoms with Gasteiger partial charge >= 0.3 is 0 Å². The van der Waals surface area contributed by atoms with Gasteiger partial charge in [-0.15, -0.1) is 0 Å². The Labute approximate surface area is 260 Å². The van der Waals surface area contributed by atoms with Crippen molar-refractivity contribution in [2.75, 3.05) is 14.2 Å². The molecule has 6 aromatic rings. The molecule has 1 heterocycles. The number of hydrogen-bond donors (Lipinski definition) is 0. The number of allylic oxidation sites excluding steroid dienone is 2. The predicted molar refractivity (Wildman–Crippen MR) is 190 cm³/mol. The summed E-state index contributed by atoms with van der Waals surface area (Å²) in [6.45, 7) is 4.97. The first-order valence-electron chi connectivity index (χ1n) is 15.3. The van der Waals surface area contributed by atoms with Gasteiger partial charge in [-0.25, -0.2) is 0 Å². The first-order valence-corrected chi connectivity index (χ1v) is 18.0. The molecule has 0 radical (unpaired) electrons. The molecule has 0 aliphatic carbocycles. The van der Waals surface area contributed by atoms with E-state index in [1.54, 1.807) is 14.2 Å². The molecule has 216 valence electrons. The van der Waals surface area contributed by atoms with Gasteiger partial charge in [-0.05, 0) is 102 Å². The summed E-state index contributed by atoms with van der Waals surface area (Å²) >= 11 is 0. The summed E-state index contributed by atoms with van der Waals surface area (Å²) in [6.07, 6.45) is 0. The fourth-order valence-corrected chi connectivity index (χ4v) is 11.2. The molecule has 1 aliphatic rings. The first-order chi connectivity index (χ1) is 21.5. The summed E-state index contributed by atoms with van der Waals surface area (Å²) in [5.74, 6) is 1.76. The maximum Gasteiger partial charge on any atom is 0.119 e. The van der Waals surface area contributed by atoms with Gasteiger partial charge in [0.05, 0.1) is 14.2 Å². The van der Waals surface area contributed by atoms with Gasteiger partial charge in [0.15, 0.2) is 0 Å². The molecule has 44 heavy (non-hydrogen) atoms. The van der Waals surface area contributed by atoms with E-state index in [9.17, 15) is 0 Å². The van der Waals surface area contributed by atoms with Crippen LogP contribution in [-0.2, 0) is 0 Å². The van der Waals surface area contributed by atoms with E-state index >= 15 is 0 Å². The third-order valence-corrected chi connectivity index (χ3v) is 14.1. The quantitative estimate of drug-likeness (QED) is 0.173. The standard InChI is InChI=1S/C41H36O2Si/c1-5-44(4)40(34-18-16-32-26-36(42-2)22-20-30(32)24-34)38(28-12-8-6-9-13-28)39(29-14-10-7-11-15-29)41(44)35-19-17-33-27-37(43-3)23-21-31(33)25-35/h6-27H,5H2,1-4H3. The lowest BCUT2D eigenvalue weighted by Gasteiger charge is -2.30. The zero-order valence-electron chi connectivity index (χ0n) is 25.7. The Kier molecular flexibility index (Phi) is 7.19. The van der Waals surface area contributed by atoms with Gasteiger partial charge in [-0.3, -0.25) is 0 Å². The number of fused-ring (bicyclic) bond motifs is 2. The Balaban J connectivity index is 1.56. The van der Waals surface area contributed by atoms with Crippen LogP contribution in [0.3, 0.4) is 0 Å². The van der Waals surface area contributed by atoms with Crippen molar-refractivity contribution in [3.8, 4) is 11.5 Å². The number of ether oxygens (including phenoxy) is 2. The van der Waals surface area contributed by atoms with Crippen LogP contribution in [0.2, 0.25) is 12.6 Å². The van der Waals surface area contributed by atoms with E-state index in [-0.39, 0.29) is 0 Å². The van der Waals surface area contributed by atoms with Gasteiger partial charge in [0.25, 0.3) is 0 Å². The summed E-state index contributed by atoms with van der Waals surface area (Å²) in [5, 5.41) is 7.85. The number of hydrogen-bond acceptors (Lipinski definition) is 2. The Morgan fingerprint density at radius 2 is 0.841 bits per heavy atom. The minimum atomic E-state index is -2.29. The molecule has 0 unspecified atom stereocenters. The summed E-state index contributed by atoms with van der Waals surface area (Å²) in [6, 6.07) is 49.8. The fourth-order valence-electron chi connectivity index (χ4n) is 7.01. The van der Waals surface area contributed by atoms with Crippen LogP contribution in [0, 0.1) is 0 Å². The summed E-state index contributed by atoms with van der Waals surface area (Å²) < 4.78 is 11.1. The molecular weight excluding hydrogens is 553 g/mol. The second-order valence-electron chi connectivity index (χ2n) is 11.8. The minimum Gasteiger partial charge on any atom is -0.497 e. The van der Waals surface area contributed by atoms with Gasteiger partial charge < -0.3 is 9.47 Å². The van der Waals surface area contributed by atoms with Crippen LogP contribution in [0.5, 0.6) is 11.5 Å². The molecular formula is C41H36O2Si. The van der Waals surface area contributed by atoms with E-state index in [1.165, 1.54) is 65.3 Å². The highest BCUT2D eigenvalue weighted by molar-refractivity contribution is 7.13. The fraction of sp³-hybridized carbons (Fsp3) is 0.122. The molecule has 0 spiro atoms. The van der Waals surface area contributed by atoms with Crippen molar-refractivity contribution < 1.29 is 9.47 Å². The third-order valence-electron chi connectivity index (χ3n) is 9.36. The first kappa shape index (κ1) is 27.9. The molecule has 7 rings (SSSR count). The molecule has 3 heteroatoms. The Morgan fingerprint density at radius 3 is 1.23 bits per heavy atom. The Hall–Kier alpha value is -4.86. The smallest absolute Gasteiger partial charge is 0.119 e. The molecule has 2 nitrogen and oxygen atoms in total. The third kappa shape index (κ3) is 4.65. The largest absolute Gasteiger partial charge is 0.497 e. The number of rotatable bonds is 7. The summed E-state index contributed by atoms with van der Waals surface area (Å²) in [4.78, 5) is 0. The van der Waals surface area contributed by atoms with Gasteiger partial charge in [-0.2, -0.15) is 0 Å². The second kappa shape index (κ2) is 11.3. The predicted octanol–water partition coefficient (Wildman–Crippen LogP) is 10.7. The highest BCUT2D eigenvalue weighted by Gasteiger charge is 2.46. The zero-order chi connectivity index (χ0) is 30.3. The van der Waals surface area contributed by atoms with Gasteiger partial charge in [0, 0.05) is 0 Å². The lowest BCUT2D eigenvalue weighted by molar-refractivity contribution is 0.415. The number of methoxy groups -OCH3 is 2. The van der Waals surface area contributed by atoms with Crippen LogP contribution in [0.15, 0.2) is 133 Å². The molecule has 0 bridgehead atoms. The van der Waals surface area contributed by atoms with E-state index < -0.39 is 8.07 Å². The van der Waals surface area contributed by atoms with Crippen molar-refractivity contribution in [2.45, 2.75) is 19.5 Å². The van der Waals surface area contributed by atoms with Crippen LogP contribution in [0.1, 0.15) is 29.2 Å². The molecule has 0 aromatic heterocycles. The average Bonchev–Trinajstić information content (AvgIpc) is 3.37. The Morgan fingerprint density at radius 1 is 0.455 bits per heavy atom. The van der Waals surface area contributed by atoms with Gasteiger partial charge in [-0.1, -0.05) is 117 Å². The normalized spacial score (nSPS) is 14.5. The van der Waals surface area contributed by atoms with E-state index in [1.807, 2.05) is 0 Å². The van der Waals surface area contributed by atoms with Crippen molar-refractivity contribution in [3.05, 3.63) is 156 Å². The van der Waals surface area contributed by atoms with Crippen molar-refractivity contribution in [3.63, 3.8) is 0 Å². The zero-order valence-corrected chi connectivity index (χ0v) is 26.7. The van der Waals surface area contributed by atoms with E-state index in [2.05, 4.69) is 147 Å². The second-order valence-corrected chi connectivity index (χ2v) is 16.1. The molecule has 0 amide bonds. The van der Waals surface area contributed by atoms with Crippen molar-refractivity contribution in [1.29, 1.82) is 0 Å². The van der Waals surface area contributed by atoms with Crippen LogP contribution >= 0.6 is 0 Å². The van der Waals surface area contributed by atoms with E-state index in [4.69, 9.17) is 9.47 Å². The van der Waals surface area contributed by atoms with Crippen molar-refractivity contribution in [2.24, 2.45) is 0 Å². The van der Waals surface area contributed by atoms with Crippen LogP contribution in [0.25, 0.3) is 43.1 Å². The van der Waals surface area contributed by atoms with Gasteiger partial charge in [0.2, 0.25) is 0 Å². The molecule has 0 fully saturated rings. The van der Waals surface area contributed by atoms with Crippen LogP contribution in [0.4, 0.5) is 0 Å². The number of benzene rings is 6. The molecule has 0 atom stereocenters. The van der Waals surface area contributed by atoms with Crippen molar-refractivity contribution >= 4 is 51.2 Å². The van der Waals surface area contributed by atoms with Crippen LogP contribution in [-0.4, -0.2) is 22.3 Å². The molecule has 0 saturated heterocycles. The molecule has 0 saturated carbocycles. The summed E-state index contributed by atoms with van der Waals surface area (Å²) in [5.41, 5.74) is 7.89. The van der Waals surface area contributed by atoms with Crippen LogP contribution < -0.4 is 9.47 Å². The molecule has 6 aromatic carbocycles. The van der Waals surface area contributed by atoms with E-state index in [0.29, 0.717) is 0 Å². The summed E-state index contributed by atoms with van der Waals surface area (Å²) in [7, 11) is 1.16. The van der Waals surface area contributed by atoms with E-state index in [0.717, 1.165) is 17.5 Å². The topological polar surface area (TPSA) is 18.5 Å². The lowest BCUT2D eigenvalue weighted by atomic mass is 9.89.